The highest BCUT2D eigenvalue weighted by Gasteiger charge is 2.77. The number of rotatable bonds is 12. The number of anilines is 1. The second-order valence-corrected chi connectivity index (χ2v) is 13.3. The van der Waals surface area contributed by atoms with Gasteiger partial charge < -0.3 is 19.6 Å². The molecule has 3 heterocycles. The molecule has 7 nitrogen and oxygen atoms in total. The molecule has 3 fully saturated rings. The van der Waals surface area contributed by atoms with Crippen LogP contribution in [0.4, 0.5) is 5.69 Å². The minimum absolute atomic E-state index is 0.0236. The lowest BCUT2D eigenvalue weighted by Gasteiger charge is -2.42. The monoisotopic (exact) mass is 608 g/mol. The summed E-state index contributed by atoms with van der Waals surface area (Å²) in [6.07, 6.45) is 4.92. The molecule has 9 heteroatoms. The van der Waals surface area contributed by atoms with Crippen LogP contribution < -0.4 is 4.90 Å². The highest BCUT2D eigenvalue weighted by Crippen LogP contribution is 2.69. The zero-order chi connectivity index (χ0) is 30.0. The first kappa shape index (κ1) is 30.4. The number of esters is 1. The third-order valence-electron chi connectivity index (χ3n) is 8.89. The molecule has 3 aliphatic rings. The van der Waals surface area contributed by atoms with E-state index < -0.39 is 34.6 Å². The highest BCUT2D eigenvalue weighted by atomic mass is 35.5. The van der Waals surface area contributed by atoms with Crippen LogP contribution in [0.15, 0.2) is 79.9 Å². The van der Waals surface area contributed by atoms with E-state index in [0.717, 1.165) is 5.56 Å². The standard InChI is InChI=1S/C33H37ClN2O5S/c1-4-6-17-41-32(40)27-26-18-21(3)33(42-26)28(27)30(38)36(25(20-37)19-22-10-8-7-9-11-22)29(33)31(39)35(16-5-2)24-14-12-23(34)13-15-24/h4-5,7-15,21,25-29,37H,1-2,6,16-20H2,3H3/t21?,25-,26-,27+,28+,29?,33?/m1/s1. The Morgan fingerprint density at radius 1 is 1.19 bits per heavy atom. The number of thioether (sulfide) groups is 1. The number of carbonyl (C=O) groups excluding carboxylic acids is 3. The van der Waals surface area contributed by atoms with Crippen LogP contribution in [-0.4, -0.2) is 69.6 Å². The van der Waals surface area contributed by atoms with E-state index >= 15 is 0 Å². The van der Waals surface area contributed by atoms with Crippen LogP contribution in [0.3, 0.4) is 0 Å². The van der Waals surface area contributed by atoms with Gasteiger partial charge in [0.2, 0.25) is 5.91 Å². The summed E-state index contributed by atoms with van der Waals surface area (Å²) in [5.41, 5.74) is 1.57. The van der Waals surface area contributed by atoms with Gasteiger partial charge in [0.15, 0.2) is 0 Å². The molecule has 3 aliphatic heterocycles. The third kappa shape index (κ3) is 5.18. The molecule has 42 heavy (non-hydrogen) atoms. The van der Waals surface area contributed by atoms with Crippen LogP contribution >= 0.6 is 23.4 Å². The van der Waals surface area contributed by atoms with E-state index in [-0.39, 0.29) is 42.7 Å². The lowest BCUT2D eigenvalue weighted by atomic mass is 9.66. The maximum absolute atomic E-state index is 14.8. The zero-order valence-electron chi connectivity index (χ0n) is 23.7. The summed E-state index contributed by atoms with van der Waals surface area (Å²) >= 11 is 7.74. The summed E-state index contributed by atoms with van der Waals surface area (Å²) in [7, 11) is 0. The average molecular weight is 609 g/mol. The largest absolute Gasteiger partial charge is 0.465 e. The van der Waals surface area contributed by atoms with E-state index in [9.17, 15) is 19.5 Å². The Morgan fingerprint density at radius 3 is 2.55 bits per heavy atom. The number of ether oxygens (including phenoxy) is 1. The molecule has 2 aromatic carbocycles. The third-order valence-corrected chi connectivity index (χ3v) is 11.2. The minimum atomic E-state index is -0.900. The smallest absolute Gasteiger partial charge is 0.310 e. The molecule has 3 unspecified atom stereocenters. The molecule has 2 bridgehead atoms. The summed E-state index contributed by atoms with van der Waals surface area (Å²) in [6, 6.07) is 15.0. The number of benzene rings is 2. The molecule has 0 aliphatic carbocycles. The number of halogens is 1. The second-order valence-electron chi connectivity index (χ2n) is 11.3. The molecule has 5 rings (SSSR count). The Morgan fingerprint density at radius 2 is 1.90 bits per heavy atom. The first-order chi connectivity index (χ1) is 20.3. The Labute approximate surface area is 256 Å². The fourth-order valence-corrected chi connectivity index (χ4v) is 9.61. The number of likely N-dealkylation sites (tertiary alicyclic amines) is 1. The van der Waals surface area contributed by atoms with Gasteiger partial charge in [0.1, 0.15) is 6.04 Å². The Bertz CT molecular complexity index is 1340. The molecular formula is C33H37ClN2O5S. The van der Waals surface area contributed by atoms with Gasteiger partial charge >= 0.3 is 5.97 Å². The fourth-order valence-electron chi connectivity index (χ4n) is 7.10. The van der Waals surface area contributed by atoms with Crippen molar-refractivity contribution in [1.82, 2.24) is 4.90 Å². The number of nitrogens with zero attached hydrogens (tertiary/aromatic N) is 2. The van der Waals surface area contributed by atoms with Gasteiger partial charge in [0.05, 0.1) is 35.8 Å². The van der Waals surface area contributed by atoms with Crippen LogP contribution in [0.1, 0.15) is 25.3 Å². The number of aliphatic hydroxyl groups excluding tert-OH is 1. The van der Waals surface area contributed by atoms with Crippen LogP contribution in [0.5, 0.6) is 0 Å². The first-order valence-corrected chi connectivity index (χ1v) is 15.6. The maximum atomic E-state index is 14.8. The summed E-state index contributed by atoms with van der Waals surface area (Å²) in [6.45, 7) is 9.73. The van der Waals surface area contributed by atoms with E-state index in [0.29, 0.717) is 30.0 Å². The predicted octanol–water partition coefficient (Wildman–Crippen LogP) is 4.92. The number of fused-ring (bicyclic) bond motifs is 1. The molecule has 222 valence electrons. The zero-order valence-corrected chi connectivity index (χ0v) is 25.3. The van der Waals surface area contributed by atoms with Gasteiger partial charge in [0, 0.05) is 22.5 Å². The fraction of sp³-hybridized carbons (Fsp3) is 0.424. The van der Waals surface area contributed by atoms with Crippen molar-refractivity contribution in [3.05, 3.63) is 90.5 Å². The number of amides is 2. The van der Waals surface area contributed by atoms with Gasteiger partial charge in [-0.2, -0.15) is 0 Å². The molecule has 7 atom stereocenters. The summed E-state index contributed by atoms with van der Waals surface area (Å²) in [5.74, 6) is -2.36. The first-order valence-electron chi connectivity index (χ1n) is 14.4. The summed E-state index contributed by atoms with van der Waals surface area (Å²) in [4.78, 5) is 46.2. The number of aliphatic hydroxyl groups is 1. The lowest BCUT2D eigenvalue weighted by Crippen LogP contribution is -2.59. The van der Waals surface area contributed by atoms with Crippen molar-refractivity contribution in [2.75, 3.05) is 24.7 Å². The lowest BCUT2D eigenvalue weighted by molar-refractivity contribution is -0.154. The second kappa shape index (κ2) is 12.7. The van der Waals surface area contributed by atoms with Crippen molar-refractivity contribution in [3.63, 3.8) is 0 Å². The van der Waals surface area contributed by atoms with Crippen molar-refractivity contribution < 1.29 is 24.2 Å². The Kier molecular flexibility index (Phi) is 9.16. The topological polar surface area (TPSA) is 87.1 Å². The average Bonchev–Trinajstić information content (AvgIpc) is 3.59. The van der Waals surface area contributed by atoms with E-state index in [1.54, 1.807) is 58.0 Å². The van der Waals surface area contributed by atoms with Crippen LogP contribution in [0.2, 0.25) is 5.02 Å². The van der Waals surface area contributed by atoms with Crippen LogP contribution in [0.25, 0.3) is 0 Å². The number of hydrogen-bond donors (Lipinski definition) is 1. The molecule has 1 spiro atoms. The van der Waals surface area contributed by atoms with Crippen LogP contribution in [-0.2, 0) is 25.5 Å². The predicted molar refractivity (Wildman–Crippen MR) is 166 cm³/mol. The van der Waals surface area contributed by atoms with Gasteiger partial charge in [0.25, 0.3) is 5.91 Å². The number of carbonyl (C=O) groups is 3. The summed E-state index contributed by atoms with van der Waals surface area (Å²) in [5, 5.41) is 11.1. The molecule has 0 radical (unpaired) electrons. The van der Waals surface area contributed by atoms with Gasteiger partial charge in [-0.1, -0.05) is 61.0 Å². The molecule has 0 saturated carbocycles. The molecule has 0 aromatic heterocycles. The minimum Gasteiger partial charge on any atom is -0.465 e. The normalized spacial score (nSPS) is 28.3. The molecule has 1 N–H and O–H groups in total. The van der Waals surface area contributed by atoms with E-state index in [2.05, 4.69) is 20.1 Å². The molecule has 2 aromatic rings. The van der Waals surface area contributed by atoms with Gasteiger partial charge in [-0.25, -0.2) is 0 Å². The van der Waals surface area contributed by atoms with Gasteiger partial charge in [-0.3, -0.25) is 14.4 Å². The van der Waals surface area contributed by atoms with Crippen molar-refractivity contribution in [2.24, 2.45) is 17.8 Å². The van der Waals surface area contributed by atoms with Gasteiger partial charge in [-0.05, 0) is 55.0 Å². The summed E-state index contributed by atoms with van der Waals surface area (Å²) < 4.78 is 4.77. The van der Waals surface area contributed by atoms with Crippen molar-refractivity contribution in [1.29, 1.82) is 0 Å². The molecule has 3 saturated heterocycles. The van der Waals surface area contributed by atoms with Crippen LogP contribution in [0, 0.1) is 17.8 Å². The van der Waals surface area contributed by atoms with Crippen molar-refractivity contribution in [2.45, 2.75) is 48.3 Å². The molecular weight excluding hydrogens is 572 g/mol. The Balaban J connectivity index is 1.60. The quantitative estimate of drug-likeness (QED) is 0.209. The van der Waals surface area contributed by atoms with Gasteiger partial charge in [-0.15, -0.1) is 24.9 Å². The maximum Gasteiger partial charge on any atom is 0.310 e. The Hall–Kier alpha value is -3.07. The van der Waals surface area contributed by atoms with E-state index in [1.807, 2.05) is 30.3 Å². The van der Waals surface area contributed by atoms with E-state index in [1.165, 1.54) is 0 Å². The van der Waals surface area contributed by atoms with E-state index in [4.69, 9.17) is 16.3 Å². The SMILES string of the molecule is C=CCCOC(=O)[C@@H]1[C@H]2C(=O)N([C@@H](CO)Cc3ccccc3)C(C(=O)N(CC=C)c3ccc(Cl)cc3)C23S[C@@H]1CC3C. The van der Waals surface area contributed by atoms with Crippen molar-refractivity contribution in [3.8, 4) is 0 Å². The molecule has 2 amide bonds. The van der Waals surface area contributed by atoms with Crippen molar-refractivity contribution >= 4 is 46.8 Å². The highest BCUT2D eigenvalue weighted by molar-refractivity contribution is 8.02. The number of hydrogen-bond acceptors (Lipinski definition) is 6.